The fraction of sp³-hybridized carbons (Fsp3) is 0.467. The van der Waals surface area contributed by atoms with Crippen LogP contribution in [0.1, 0.15) is 31.7 Å². The van der Waals surface area contributed by atoms with Gasteiger partial charge in [0.05, 0.1) is 0 Å². The van der Waals surface area contributed by atoms with E-state index >= 15 is 0 Å². The van der Waals surface area contributed by atoms with Crippen molar-refractivity contribution < 1.29 is 0 Å². The molecule has 1 fully saturated rings. The molecule has 1 heterocycles. The summed E-state index contributed by atoms with van der Waals surface area (Å²) in [6, 6.07) is 9.52. The Morgan fingerprint density at radius 3 is 3.06 bits per heavy atom. The molecule has 90 valence electrons. The zero-order valence-electron chi connectivity index (χ0n) is 10.4. The van der Waals surface area contributed by atoms with Gasteiger partial charge in [0.15, 0.2) is 0 Å². The van der Waals surface area contributed by atoms with Crippen LogP contribution in [0.4, 0.5) is 0 Å². The average molecular weight is 228 g/mol. The quantitative estimate of drug-likeness (QED) is 0.827. The number of nitrogens with one attached hydrogen (secondary N) is 2. The normalized spacial score (nSPS) is 24.5. The van der Waals surface area contributed by atoms with Gasteiger partial charge < -0.3 is 10.3 Å². The molecule has 2 nitrogen and oxygen atoms in total. The second kappa shape index (κ2) is 4.53. The van der Waals surface area contributed by atoms with E-state index in [1.807, 2.05) is 6.20 Å². The van der Waals surface area contributed by atoms with Gasteiger partial charge in [-0.25, -0.2) is 0 Å². The summed E-state index contributed by atoms with van der Waals surface area (Å²) >= 11 is 0. The Kier molecular flexibility index (Phi) is 2.89. The molecular formula is C15H20N2. The van der Waals surface area contributed by atoms with Crippen molar-refractivity contribution in [1.29, 1.82) is 0 Å². The van der Waals surface area contributed by atoms with Gasteiger partial charge in [-0.1, -0.05) is 13.0 Å². The monoisotopic (exact) mass is 228 g/mol. The van der Waals surface area contributed by atoms with Crippen molar-refractivity contribution in [3.8, 4) is 0 Å². The molecule has 1 aliphatic carbocycles. The Morgan fingerprint density at radius 1 is 1.29 bits per heavy atom. The van der Waals surface area contributed by atoms with E-state index in [4.69, 9.17) is 0 Å². The van der Waals surface area contributed by atoms with E-state index in [-0.39, 0.29) is 0 Å². The lowest BCUT2D eigenvalue weighted by Crippen LogP contribution is -2.25. The van der Waals surface area contributed by atoms with Crippen molar-refractivity contribution in [2.24, 2.45) is 5.92 Å². The second-order valence-corrected chi connectivity index (χ2v) is 5.40. The van der Waals surface area contributed by atoms with Crippen molar-refractivity contribution in [1.82, 2.24) is 10.3 Å². The van der Waals surface area contributed by atoms with E-state index < -0.39 is 0 Å². The average Bonchev–Trinajstić information content (AvgIpc) is 2.94. The zero-order chi connectivity index (χ0) is 11.7. The Bertz CT molecular complexity index is 500. The predicted octanol–water partition coefficient (Wildman–Crippen LogP) is 3.45. The maximum absolute atomic E-state index is 3.67. The van der Waals surface area contributed by atoms with Gasteiger partial charge in [0.2, 0.25) is 0 Å². The van der Waals surface area contributed by atoms with Crippen molar-refractivity contribution in [2.45, 2.75) is 38.8 Å². The molecule has 0 radical (unpaired) electrons. The van der Waals surface area contributed by atoms with Crippen molar-refractivity contribution in [2.75, 3.05) is 0 Å². The molecule has 0 aliphatic heterocycles. The summed E-state index contributed by atoms with van der Waals surface area (Å²) in [6.45, 7) is 3.35. The molecule has 17 heavy (non-hydrogen) atoms. The van der Waals surface area contributed by atoms with Gasteiger partial charge in [-0.3, -0.25) is 0 Å². The first-order valence-corrected chi connectivity index (χ1v) is 6.60. The summed E-state index contributed by atoms with van der Waals surface area (Å²) in [5, 5.41) is 4.98. The molecule has 2 atom stereocenters. The summed E-state index contributed by atoms with van der Waals surface area (Å²) in [6.07, 6.45) is 6.06. The summed E-state index contributed by atoms with van der Waals surface area (Å²) in [4.78, 5) is 3.23. The lowest BCUT2D eigenvalue weighted by molar-refractivity contribution is 0.502. The maximum Gasteiger partial charge on any atom is 0.0454 e. The standard InChI is InChI=1S/C15H20N2/c1-11-2-4-14(8-11)17-10-12-3-5-15-13(9-12)6-7-16-15/h3,5-7,9,11,14,16-17H,2,4,8,10H2,1H3. The first kappa shape index (κ1) is 10.8. The summed E-state index contributed by atoms with van der Waals surface area (Å²) in [7, 11) is 0. The van der Waals surface area contributed by atoms with E-state index in [0.29, 0.717) is 0 Å². The Labute approximate surface area is 102 Å². The highest BCUT2D eigenvalue weighted by Crippen LogP contribution is 2.25. The Morgan fingerprint density at radius 2 is 2.24 bits per heavy atom. The molecule has 2 heteroatoms. The third-order valence-electron chi connectivity index (χ3n) is 3.91. The number of hydrogen-bond donors (Lipinski definition) is 2. The van der Waals surface area contributed by atoms with Crippen LogP contribution < -0.4 is 5.32 Å². The van der Waals surface area contributed by atoms with Crippen molar-refractivity contribution >= 4 is 10.9 Å². The van der Waals surface area contributed by atoms with Gasteiger partial charge in [0, 0.05) is 24.3 Å². The maximum atomic E-state index is 3.67. The van der Waals surface area contributed by atoms with E-state index in [1.165, 1.54) is 35.7 Å². The third-order valence-corrected chi connectivity index (χ3v) is 3.91. The highest BCUT2D eigenvalue weighted by Gasteiger charge is 2.20. The van der Waals surface area contributed by atoms with Gasteiger partial charge in [0.1, 0.15) is 0 Å². The minimum atomic E-state index is 0.729. The SMILES string of the molecule is CC1CCC(NCc2ccc3[nH]ccc3c2)C1. The largest absolute Gasteiger partial charge is 0.361 e. The van der Waals surface area contributed by atoms with E-state index in [2.05, 4.69) is 41.5 Å². The number of fused-ring (bicyclic) bond motifs is 1. The minimum Gasteiger partial charge on any atom is -0.361 e. The van der Waals surface area contributed by atoms with Crippen LogP contribution in [0.2, 0.25) is 0 Å². The van der Waals surface area contributed by atoms with E-state index in [9.17, 15) is 0 Å². The lowest BCUT2D eigenvalue weighted by Gasteiger charge is -2.12. The molecule has 2 N–H and O–H groups in total. The van der Waals surface area contributed by atoms with Crippen LogP contribution in [0.3, 0.4) is 0 Å². The smallest absolute Gasteiger partial charge is 0.0454 e. The van der Waals surface area contributed by atoms with Crippen LogP contribution >= 0.6 is 0 Å². The lowest BCUT2D eigenvalue weighted by atomic mass is 10.1. The van der Waals surface area contributed by atoms with E-state index in [1.54, 1.807) is 0 Å². The zero-order valence-corrected chi connectivity index (χ0v) is 10.4. The summed E-state index contributed by atoms with van der Waals surface area (Å²) in [5.74, 6) is 0.902. The molecule has 0 spiro atoms. The second-order valence-electron chi connectivity index (χ2n) is 5.40. The fourth-order valence-corrected chi connectivity index (χ4v) is 2.87. The van der Waals surface area contributed by atoms with Crippen LogP contribution in [0.15, 0.2) is 30.5 Å². The van der Waals surface area contributed by atoms with Crippen molar-refractivity contribution in [3.05, 3.63) is 36.0 Å². The number of rotatable bonds is 3. The topological polar surface area (TPSA) is 27.8 Å². The molecule has 3 rings (SSSR count). The number of benzene rings is 1. The molecular weight excluding hydrogens is 208 g/mol. The molecule has 1 saturated carbocycles. The number of aromatic nitrogens is 1. The Balaban J connectivity index is 1.64. The highest BCUT2D eigenvalue weighted by atomic mass is 14.9. The molecule has 0 saturated heterocycles. The van der Waals surface area contributed by atoms with Crippen LogP contribution in [0.5, 0.6) is 0 Å². The van der Waals surface area contributed by atoms with Crippen LogP contribution in [0.25, 0.3) is 10.9 Å². The summed E-state index contributed by atoms with van der Waals surface area (Å²) in [5.41, 5.74) is 2.61. The van der Waals surface area contributed by atoms with Crippen LogP contribution in [0, 0.1) is 5.92 Å². The number of hydrogen-bond acceptors (Lipinski definition) is 1. The molecule has 1 aliphatic rings. The minimum absolute atomic E-state index is 0.729. The molecule has 0 bridgehead atoms. The molecule has 1 aromatic heterocycles. The molecule has 2 unspecified atom stereocenters. The van der Waals surface area contributed by atoms with Gasteiger partial charge in [-0.15, -0.1) is 0 Å². The summed E-state index contributed by atoms with van der Waals surface area (Å²) < 4.78 is 0. The number of aromatic amines is 1. The van der Waals surface area contributed by atoms with Gasteiger partial charge >= 0.3 is 0 Å². The van der Waals surface area contributed by atoms with Crippen LogP contribution in [-0.4, -0.2) is 11.0 Å². The third kappa shape index (κ3) is 2.37. The number of H-pyrrole nitrogens is 1. The van der Waals surface area contributed by atoms with Gasteiger partial charge in [-0.05, 0) is 54.3 Å². The first-order chi connectivity index (χ1) is 8.31. The van der Waals surface area contributed by atoms with Crippen molar-refractivity contribution in [3.63, 3.8) is 0 Å². The predicted molar refractivity (Wildman–Crippen MR) is 71.9 cm³/mol. The van der Waals surface area contributed by atoms with Crippen LogP contribution in [-0.2, 0) is 6.54 Å². The van der Waals surface area contributed by atoms with Gasteiger partial charge in [-0.2, -0.15) is 0 Å². The fourth-order valence-electron chi connectivity index (χ4n) is 2.87. The molecule has 2 aromatic rings. The van der Waals surface area contributed by atoms with E-state index in [0.717, 1.165) is 18.5 Å². The molecule has 0 amide bonds. The van der Waals surface area contributed by atoms with Gasteiger partial charge in [0.25, 0.3) is 0 Å². The Hall–Kier alpha value is -1.28. The molecule has 1 aromatic carbocycles. The first-order valence-electron chi connectivity index (χ1n) is 6.60. The highest BCUT2D eigenvalue weighted by molar-refractivity contribution is 5.79.